The highest BCUT2D eigenvalue weighted by Gasteiger charge is 2.41. The van der Waals surface area contributed by atoms with Crippen molar-refractivity contribution in [2.24, 2.45) is 0 Å². The summed E-state index contributed by atoms with van der Waals surface area (Å²) in [5, 5.41) is 3.61. The molecule has 1 atom stereocenters. The van der Waals surface area contributed by atoms with Crippen LogP contribution in [-0.2, 0) is 0 Å². The van der Waals surface area contributed by atoms with Crippen LogP contribution >= 0.6 is 11.8 Å². The first-order valence-electron chi connectivity index (χ1n) is 7.52. The zero-order valence-electron chi connectivity index (χ0n) is 12.0. The summed E-state index contributed by atoms with van der Waals surface area (Å²) in [6.45, 7) is 3.16. The highest BCUT2D eigenvalue weighted by atomic mass is 32.2. The van der Waals surface area contributed by atoms with Crippen LogP contribution in [-0.4, -0.2) is 23.7 Å². The SMILES string of the molecule is CCCNC1CC2(CCSCC2)Oc2cc(F)ccc21. The number of fused-ring (bicyclic) bond motifs is 1. The van der Waals surface area contributed by atoms with Crippen molar-refractivity contribution in [3.63, 3.8) is 0 Å². The highest BCUT2D eigenvalue weighted by Crippen LogP contribution is 2.45. The van der Waals surface area contributed by atoms with Gasteiger partial charge < -0.3 is 10.1 Å². The monoisotopic (exact) mass is 295 g/mol. The lowest BCUT2D eigenvalue weighted by atomic mass is 9.83. The Morgan fingerprint density at radius 2 is 2.20 bits per heavy atom. The van der Waals surface area contributed by atoms with Crippen LogP contribution < -0.4 is 10.1 Å². The molecule has 1 unspecified atom stereocenters. The summed E-state index contributed by atoms with van der Waals surface area (Å²) in [5.74, 6) is 2.83. The minimum absolute atomic E-state index is 0.0859. The van der Waals surface area contributed by atoms with Gasteiger partial charge in [0.1, 0.15) is 17.2 Å². The molecule has 0 saturated carbocycles. The van der Waals surface area contributed by atoms with E-state index >= 15 is 0 Å². The third kappa shape index (κ3) is 2.82. The van der Waals surface area contributed by atoms with Crippen LogP contribution in [0, 0.1) is 5.82 Å². The number of nitrogens with one attached hydrogen (secondary N) is 1. The van der Waals surface area contributed by atoms with Crippen LogP contribution in [0.15, 0.2) is 18.2 Å². The third-order valence-corrected chi connectivity index (χ3v) is 5.28. The largest absolute Gasteiger partial charge is 0.487 e. The zero-order chi connectivity index (χ0) is 14.0. The molecule has 2 aliphatic heterocycles. The van der Waals surface area contributed by atoms with E-state index in [0.29, 0.717) is 6.04 Å². The summed E-state index contributed by atoms with van der Waals surface area (Å²) in [6, 6.07) is 5.26. The van der Waals surface area contributed by atoms with E-state index in [1.54, 1.807) is 6.07 Å². The number of rotatable bonds is 3. The van der Waals surface area contributed by atoms with Crippen molar-refractivity contribution in [3.05, 3.63) is 29.6 Å². The van der Waals surface area contributed by atoms with Gasteiger partial charge in [0.15, 0.2) is 0 Å². The molecule has 110 valence electrons. The normalized spacial score (nSPS) is 24.2. The standard InChI is InChI=1S/C16H22FNOS/c1-2-7-18-14-11-16(5-8-20-9-6-16)19-15-10-12(17)3-4-13(14)15/h3-4,10,14,18H,2,5-9,11H2,1H3. The van der Waals surface area contributed by atoms with E-state index in [0.717, 1.165) is 55.0 Å². The molecular formula is C16H22FNOS. The lowest BCUT2D eigenvalue weighted by Gasteiger charge is -2.44. The van der Waals surface area contributed by atoms with Crippen molar-refractivity contribution in [2.75, 3.05) is 18.1 Å². The second-order valence-electron chi connectivity index (χ2n) is 5.79. The lowest BCUT2D eigenvalue weighted by molar-refractivity contribution is 0.0222. The predicted molar refractivity (Wildman–Crippen MR) is 82.0 cm³/mol. The van der Waals surface area contributed by atoms with Crippen molar-refractivity contribution in [1.82, 2.24) is 5.32 Å². The van der Waals surface area contributed by atoms with Gasteiger partial charge in [0.05, 0.1) is 0 Å². The minimum atomic E-state index is -0.208. The fraction of sp³-hybridized carbons (Fsp3) is 0.625. The molecule has 2 heterocycles. The Morgan fingerprint density at radius 1 is 1.40 bits per heavy atom. The molecule has 1 aromatic rings. The number of benzene rings is 1. The molecule has 3 rings (SSSR count). The summed E-state index contributed by atoms with van der Waals surface area (Å²) in [7, 11) is 0. The molecule has 2 nitrogen and oxygen atoms in total. The van der Waals surface area contributed by atoms with Gasteiger partial charge in [-0.15, -0.1) is 0 Å². The first-order chi connectivity index (χ1) is 9.72. The number of halogens is 1. The Balaban J connectivity index is 1.90. The van der Waals surface area contributed by atoms with Crippen molar-refractivity contribution >= 4 is 11.8 Å². The van der Waals surface area contributed by atoms with Gasteiger partial charge in [0, 0.05) is 24.1 Å². The quantitative estimate of drug-likeness (QED) is 0.913. The van der Waals surface area contributed by atoms with E-state index in [4.69, 9.17) is 4.74 Å². The van der Waals surface area contributed by atoms with E-state index in [1.807, 2.05) is 17.8 Å². The molecule has 1 spiro atoms. The Kier molecular flexibility index (Phi) is 4.22. The van der Waals surface area contributed by atoms with Gasteiger partial charge in [-0.2, -0.15) is 11.8 Å². The van der Waals surface area contributed by atoms with E-state index in [1.165, 1.54) is 6.07 Å². The maximum atomic E-state index is 13.5. The summed E-state index contributed by atoms with van der Waals surface area (Å²) < 4.78 is 19.8. The molecule has 4 heteroatoms. The van der Waals surface area contributed by atoms with E-state index < -0.39 is 0 Å². The maximum Gasteiger partial charge on any atom is 0.127 e. The third-order valence-electron chi connectivity index (χ3n) is 4.30. The Labute approximate surface area is 124 Å². The van der Waals surface area contributed by atoms with Crippen molar-refractivity contribution < 1.29 is 9.13 Å². The van der Waals surface area contributed by atoms with E-state index in [-0.39, 0.29) is 11.4 Å². The number of ether oxygens (including phenoxy) is 1. The lowest BCUT2D eigenvalue weighted by Crippen LogP contribution is -2.46. The van der Waals surface area contributed by atoms with Gasteiger partial charge in [-0.05, 0) is 43.4 Å². The maximum absolute atomic E-state index is 13.5. The molecule has 1 aromatic carbocycles. The van der Waals surface area contributed by atoms with Crippen molar-refractivity contribution in [2.45, 2.75) is 44.2 Å². The topological polar surface area (TPSA) is 21.3 Å². The van der Waals surface area contributed by atoms with Crippen LogP contribution in [0.25, 0.3) is 0 Å². The molecule has 0 aromatic heterocycles. The molecule has 0 bridgehead atoms. The van der Waals surface area contributed by atoms with Crippen molar-refractivity contribution in [3.8, 4) is 5.75 Å². The molecular weight excluding hydrogens is 273 g/mol. The van der Waals surface area contributed by atoms with E-state index in [2.05, 4.69) is 12.2 Å². The molecule has 0 amide bonds. The first kappa shape index (κ1) is 14.2. The number of hydrogen-bond donors (Lipinski definition) is 1. The van der Waals surface area contributed by atoms with Gasteiger partial charge in [0.2, 0.25) is 0 Å². The van der Waals surface area contributed by atoms with Crippen LogP contribution in [0.4, 0.5) is 4.39 Å². The van der Waals surface area contributed by atoms with Gasteiger partial charge in [-0.25, -0.2) is 4.39 Å². The Bertz CT molecular complexity index is 474. The van der Waals surface area contributed by atoms with Gasteiger partial charge in [-0.1, -0.05) is 13.0 Å². The average Bonchev–Trinajstić information content (AvgIpc) is 2.45. The molecule has 2 aliphatic rings. The summed E-state index contributed by atoms with van der Waals surface area (Å²) in [6.07, 6.45) is 4.25. The first-order valence-corrected chi connectivity index (χ1v) is 8.67. The Hall–Kier alpha value is -0.740. The fourth-order valence-corrected chi connectivity index (χ4v) is 4.43. The zero-order valence-corrected chi connectivity index (χ0v) is 12.8. The fourth-order valence-electron chi connectivity index (χ4n) is 3.19. The molecule has 1 saturated heterocycles. The summed E-state index contributed by atoms with van der Waals surface area (Å²) in [4.78, 5) is 0. The molecule has 1 fully saturated rings. The van der Waals surface area contributed by atoms with Gasteiger partial charge >= 0.3 is 0 Å². The second-order valence-corrected chi connectivity index (χ2v) is 7.02. The van der Waals surface area contributed by atoms with Gasteiger partial charge in [-0.3, -0.25) is 0 Å². The minimum Gasteiger partial charge on any atom is -0.487 e. The Morgan fingerprint density at radius 3 is 2.95 bits per heavy atom. The van der Waals surface area contributed by atoms with Crippen LogP contribution in [0.2, 0.25) is 0 Å². The second kappa shape index (κ2) is 5.94. The highest BCUT2D eigenvalue weighted by molar-refractivity contribution is 7.99. The van der Waals surface area contributed by atoms with Crippen LogP contribution in [0.3, 0.4) is 0 Å². The average molecular weight is 295 g/mol. The van der Waals surface area contributed by atoms with Gasteiger partial charge in [0.25, 0.3) is 0 Å². The molecule has 0 radical (unpaired) electrons. The predicted octanol–water partition coefficient (Wildman–Crippen LogP) is 3.91. The summed E-state index contributed by atoms with van der Waals surface area (Å²) >= 11 is 1.99. The smallest absolute Gasteiger partial charge is 0.127 e. The van der Waals surface area contributed by atoms with Crippen molar-refractivity contribution in [1.29, 1.82) is 0 Å². The number of hydrogen-bond acceptors (Lipinski definition) is 3. The molecule has 1 N–H and O–H groups in total. The van der Waals surface area contributed by atoms with Crippen LogP contribution in [0.5, 0.6) is 5.75 Å². The van der Waals surface area contributed by atoms with Crippen LogP contribution in [0.1, 0.15) is 44.2 Å². The molecule has 0 aliphatic carbocycles. The molecule has 20 heavy (non-hydrogen) atoms. The summed E-state index contributed by atoms with van der Waals surface area (Å²) in [5.41, 5.74) is 1.03. The number of thioether (sulfide) groups is 1. The van der Waals surface area contributed by atoms with E-state index in [9.17, 15) is 4.39 Å².